The van der Waals surface area contributed by atoms with E-state index in [0.717, 1.165) is 25.3 Å². The highest BCUT2D eigenvalue weighted by Crippen LogP contribution is 2.35. The topological polar surface area (TPSA) is 38.1 Å². The van der Waals surface area contributed by atoms with Crippen molar-refractivity contribution in [2.75, 3.05) is 6.54 Å². The number of carbonyl (C=O) groups excluding carboxylic acids is 1. The summed E-state index contributed by atoms with van der Waals surface area (Å²) in [5.74, 6) is -0.762. The maximum Gasteiger partial charge on any atom is 0.435 e. The Labute approximate surface area is 148 Å². The molecule has 1 unspecified atom stereocenters. The maximum atomic E-state index is 13.1. The molecule has 1 aromatic heterocycles. The first-order valence-electron chi connectivity index (χ1n) is 8.45. The van der Waals surface area contributed by atoms with Crippen LogP contribution >= 0.6 is 0 Å². The third-order valence-electron chi connectivity index (χ3n) is 4.65. The normalized spacial score (nSPS) is 18.7. The number of hydrogen-bond donors (Lipinski definition) is 0. The number of nitrogens with zero attached hydrogens (tertiary/aromatic N) is 3. The molecule has 8 heteroatoms. The molecule has 0 radical (unpaired) electrons. The van der Waals surface area contributed by atoms with Crippen LogP contribution < -0.4 is 0 Å². The van der Waals surface area contributed by atoms with E-state index >= 15 is 0 Å². The van der Waals surface area contributed by atoms with Gasteiger partial charge in [0.05, 0.1) is 11.7 Å². The zero-order valence-electron chi connectivity index (χ0n) is 14.3. The van der Waals surface area contributed by atoms with Crippen molar-refractivity contribution in [1.29, 1.82) is 0 Å². The zero-order chi connectivity index (χ0) is 18.9. The Bertz CT molecular complexity index is 783. The van der Waals surface area contributed by atoms with Crippen LogP contribution in [0.2, 0.25) is 0 Å². The fourth-order valence-corrected chi connectivity index (χ4v) is 3.35. The van der Waals surface area contributed by atoms with Crippen LogP contribution in [0.25, 0.3) is 0 Å². The van der Waals surface area contributed by atoms with Crippen LogP contribution in [0.3, 0.4) is 0 Å². The van der Waals surface area contributed by atoms with E-state index in [4.69, 9.17) is 0 Å². The van der Waals surface area contributed by atoms with Crippen molar-refractivity contribution in [2.24, 2.45) is 7.05 Å². The summed E-state index contributed by atoms with van der Waals surface area (Å²) in [5.41, 5.74) is -0.292. The first-order chi connectivity index (χ1) is 12.3. The van der Waals surface area contributed by atoms with Gasteiger partial charge in [0.15, 0.2) is 5.69 Å². The van der Waals surface area contributed by atoms with Crippen LogP contribution in [0.15, 0.2) is 30.3 Å². The minimum Gasteiger partial charge on any atom is -0.330 e. The second-order valence-corrected chi connectivity index (χ2v) is 6.45. The predicted octanol–water partition coefficient (Wildman–Crippen LogP) is 4.34. The molecular formula is C18H19F4N3O. The fourth-order valence-electron chi connectivity index (χ4n) is 3.35. The van der Waals surface area contributed by atoms with E-state index in [2.05, 4.69) is 5.10 Å². The van der Waals surface area contributed by atoms with Gasteiger partial charge in [-0.15, -0.1) is 0 Å². The monoisotopic (exact) mass is 369 g/mol. The summed E-state index contributed by atoms with van der Waals surface area (Å²) < 4.78 is 53.3. The summed E-state index contributed by atoms with van der Waals surface area (Å²) in [6.07, 6.45) is -1.50. The largest absolute Gasteiger partial charge is 0.435 e. The molecule has 3 rings (SSSR count). The second-order valence-electron chi connectivity index (χ2n) is 6.45. The van der Waals surface area contributed by atoms with E-state index in [9.17, 15) is 22.4 Å². The van der Waals surface area contributed by atoms with Gasteiger partial charge in [0.2, 0.25) is 0 Å². The molecule has 1 amide bonds. The molecule has 1 aromatic carbocycles. The van der Waals surface area contributed by atoms with Gasteiger partial charge in [0.25, 0.3) is 5.91 Å². The van der Waals surface area contributed by atoms with Gasteiger partial charge in [-0.05, 0) is 43.2 Å². The average Bonchev–Trinajstić information content (AvgIpc) is 2.83. The summed E-state index contributed by atoms with van der Waals surface area (Å²) >= 11 is 0. The number of halogens is 4. The maximum absolute atomic E-state index is 13.1. The highest BCUT2D eigenvalue weighted by Gasteiger charge is 2.37. The third kappa shape index (κ3) is 3.73. The smallest absolute Gasteiger partial charge is 0.330 e. The lowest BCUT2D eigenvalue weighted by Crippen LogP contribution is -2.35. The van der Waals surface area contributed by atoms with Crippen LogP contribution in [0.5, 0.6) is 0 Å². The highest BCUT2D eigenvalue weighted by atomic mass is 19.4. The van der Waals surface area contributed by atoms with Gasteiger partial charge >= 0.3 is 6.18 Å². The number of alkyl halides is 3. The van der Waals surface area contributed by atoms with Gasteiger partial charge in [0, 0.05) is 19.2 Å². The molecule has 2 aromatic rings. The number of aryl methyl sites for hydroxylation is 1. The summed E-state index contributed by atoms with van der Waals surface area (Å²) in [7, 11) is 1.45. The molecule has 0 saturated carbocycles. The molecule has 1 atom stereocenters. The third-order valence-corrected chi connectivity index (χ3v) is 4.65. The average molecular weight is 369 g/mol. The van der Waals surface area contributed by atoms with Gasteiger partial charge in [-0.1, -0.05) is 12.8 Å². The molecule has 0 N–H and O–H groups in total. The van der Waals surface area contributed by atoms with E-state index in [1.807, 2.05) is 0 Å². The van der Waals surface area contributed by atoms with E-state index < -0.39 is 23.7 Å². The van der Waals surface area contributed by atoms with Crippen molar-refractivity contribution < 1.29 is 22.4 Å². The molecule has 0 aliphatic carbocycles. The van der Waals surface area contributed by atoms with E-state index in [1.54, 1.807) is 4.90 Å². The van der Waals surface area contributed by atoms with Crippen LogP contribution in [-0.2, 0) is 13.2 Å². The lowest BCUT2D eigenvalue weighted by Gasteiger charge is -2.30. The molecule has 1 saturated heterocycles. The fraction of sp³-hybridized carbons (Fsp3) is 0.444. The Morgan fingerprint density at radius 1 is 1.15 bits per heavy atom. The molecule has 26 heavy (non-hydrogen) atoms. The van der Waals surface area contributed by atoms with E-state index in [1.165, 1.54) is 36.0 Å². The van der Waals surface area contributed by atoms with Crippen molar-refractivity contribution in [3.8, 4) is 0 Å². The number of benzene rings is 1. The van der Waals surface area contributed by atoms with Crippen LogP contribution in [0.1, 0.15) is 53.5 Å². The minimum atomic E-state index is -4.54. The number of likely N-dealkylation sites (tertiary alicyclic amines) is 1. The molecule has 0 spiro atoms. The molecule has 4 nitrogen and oxygen atoms in total. The minimum absolute atomic E-state index is 0.313. The molecule has 1 fully saturated rings. The van der Waals surface area contributed by atoms with Crippen molar-refractivity contribution in [3.05, 3.63) is 53.1 Å². The zero-order valence-corrected chi connectivity index (χ0v) is 14.3. The lowest BCUT2D eigenvalue weighted by molar-refractivity contribution is -0.141. The number of rotatable bonds is 2. The first kappa shape index (κ1) is 18.4. The number of carbonyl (C=O) groups is 1. The van der Waals surface area contributed by atoms with Gasteiger partial charge in [-0.3, -0.25) is 9.48 Å². The Balaban J connectivity index is 1.96. The van der Waals surface area contributed by atoms with Crippen LogP contribution in [0, 0.1) is 5.82 Å². The molecule has 1 aliphatic heterocycles. The summed E-state index contributed by atoms with van der Waals surface area (Å²) in [4.78, 5) is 14.5. The standard InChI is InChI=1S/C18H19F4N3O/c1-24-15(11-16(23-24)18(20,21)22)14-5-3-2-4-10-25(14)17(26)12-6-8-13(19)9-7-12/h6-9,11,14H,2-5,10H2,1H3. The predicted molar refractivity (Wildman–Crippen MR) is 86.9 cm³/mol. The Morgan fingerprint density at radius 3 is 2.46 bits per heavy atom. The van der Waals surface area contributed by atoms with Crippen LogP contribution in [-0.4, -0.2) is 27.1 Å². The second kappa shape index (κ2) is 7.09. The summed E-state index contributed by atoms with van der Waals surface area (Å²) in [6.45, 7) is 0.438. The Kier molecular flexibility index (Phi) is 5.02. The van der Waals surface area contributed by atoms with Crippen molar-refractivity contribution >= 4 is 5.91 Å². The highest BCUT2D eigenvalue weighted by molar-refractivity contribution is 5.94. The van der Waals surface area contributed by atoms with Crippen molar-refractivity contribution in [3.63, 3.8) is 0 Å². The van der Waals surface area contributed by atoms with Gasteiger partial charge in [-0.25, -0.2) is 4.39 Å². The van der Waals surface area contributed by atoms with E-state index in [-0.39, 0.29) is 5.91 Å². The molecule has 2 heterocycles. The SMILES string of the molecule is Cn1nc(C(F)(F)F)cc1C1CCCCCN1C(=O)c1ccc(F)cc1. The Morgan fingerprint density at radius 2 is 1.85 bits per heavy atom. The van der Waals surface area contributed by atoms with Crippen LogP contribution in [0.4, 0.5) is 17.6 Å². The number of hydrogen-bond acceptors (Lipinski definition) is 2. The molecule has 140 valence electrons. The van der Waals surface area contributed by atoms with Gasteiger partial charge < -0.3 is 4.90 Å². The first-order valence-corrected chi connectivity index (χ1v) is 8.45. The van der Waals surface area contributed by atoms with Gasteiger partial charge in [0.1, 0.15) is 5.82 Å². The van der Waals surface area contributed by atoms with E-state index in [0.29, 0.717) is 24.2 Å². The summed E-state index contributed by atoms with van der Waals surface area (Å²) in [5, 5.41) is 3.57. The molecular weight excluding hydrogens is 350 g/mol. The van der Waals surface area contributed by atoms with Crippen molar-refractivity contribution in [2.45, 2.75) is 37.9 Å². The lowest BCUT2D eigenvalue weighted by atomic mass is 10.0. The van der Waals surface area contributed by atoms with Gasteiger partial charge in [-0.2, -0.15) is 18.3 Å². The summed E-state index contributed by atoms with van der Waals surface area (Å²) in [6, 6.07) is 5.70. The van der Waals surface area contributed by atoms with Crippen molar-refractivity contribution in [1.82, 2.24) is 14.7 Å². The number of aromatic nitrogens is 2. The quantitative estimate of drug-likeness (QED) is 0.739. The molecule has 1 aliphatic rings. The number of amides is 1. The molecule has 0 bridgehead atoms. The Hall–Kier alpha value is -2.38.